The first kappa shape index (κ1) is 23.5. The van der Waals surface area contributed by atoms with Crippen molar-refractivity contribution in [3.05, 3.63) is 77.4 Å². The molecule has 1 saturated carbocycles. The predicted molar refractivity (Wildman–Crippen MR) is 126 cm³/mol. The minimum absolute atomic E-state index is 0.0406. The van der Waals surface area contributed by atoms with Gasteiger partial charge in [-0.2, -0.15) is 0 Å². The van der Waals surface area contributed by atoms with Crippen LogP contribution in [0.15, 0.2) is 48.9 Å². The third kappa shape index (κ3) is 4.20. The number of nitrogens with zero attached hydrogens (tertiary/aromatic N) is 3. The van der Waals surface area contributed by atoms with E-state index in [0.717, 1.165) is 41.6 Å². The summed E-state index contributed by atoms with van der Waals surface area (Å²) in [7, 11) is 1.64. The van der Waals surface area contributed by atoms with Gasteiger partial charge in [-0.15, -0.1) is 0 Å². The van der Waals surface area contributed by atoms with Crippen LogP contribution in [0.3, 0.4) is 0 Å². The average molecular weight is 482 g/mol. The van der Waals surface area contributed by atoms with Crippen LogP contribution in [0.1, 0.15) is 54.5 Å². The van der Waals surface area contributed by atoms with Crippen LogP contribution < -0.4 is 4.74 Å². The molecule has 2 fully saturated rings. The van der Waals surface area contributed by atoms with E-state index >= 15 is 0 Å². The molecule has 35 heavy (non-hydrogen) atoms. The van der Waals surface area contributed by atoms with Crippen LogP contribution in [-0.2, 0) is 4.79 Å². The van der Waals surface area contributed by atoms with Crippen molar-refractivity contribution in [2.45, 2.75) is 44.6 Å². The molecular weight excluding hydrogens is 452 g/mol. The molecule has 1 aliphatic carbocycles. The van der Waals surface area contributed by atoms with Crippen molar-refractivity contribution in [3.8, 4) is 11.4 Å². The first-order valence-electron chi connectivity index (χ1n) is 11.9. The van der Waals surface area contributed by atoms with E-state index in [0.29, 0.717) is 19.4 Å². The summed E-state index contributed by atoms with van der Waals surface area (Å²) in [5, 5.41) is 10.0. The molecule has 1 aliphatic heterocycles. The van der Waals surface area contributed by atoms with Crippen molar-refractivity contribution in [3.63, 3.8) is 0 Å². The molecule has 6 nitrogen and oxygen atoms in total. The summed E-state index contributed by atoms with van der Waals surface area (Å²) in [6.07, 6.45) is 6.65. The number of carbonyl (C=O) groups is 1. The van der Waals surface area contributed by atoms with Crippen molar-refractivity contribution >= 4 is 5.91 Å². The fourth-order valence-corrected chi connectivity index (χ4v) is 5.76. The molecule has 1 amide bonds. The highest BCUT2D eigenvalue weighted by atomic mass is 19.1. The van der Waals surface area contributed by atoms with E-state index in [9.17, 15) is 18.7 Å². The van der Waals surface area contributed by atoms with Crippen LogP contribution >= 0.6 is 0 Å². The molecule has 1 atom stereocenters. The Morgan fingerprint density at radius 1 is 1.20 bits per heavy atom. The van der Waals surface area contributed by atoms with Gasteiger partial charge in [-0.3, -0.25) is 4.79 Å². The lowest BCUT2D eigenvalue weighted by Gasteiger charge is -2.53. The highest BCUT2D eigenvalue weighted by molar-refractivity contribution is 5.85. The van der Waals surface area contributed by atoms with Gasteiger partial charge in [0, 0.05) is 18.8 Å². The van der Waals surface area contributed by atoms with Crippen molar-refractivity contribution in [2.75, 3.05) is 20.3 Å². The Balaban J connectivity index is 1.35. The topological polar surface area (TPSA) is 67.6 Å². The van der Waals surface area contributed by atoms with E-state index in [1.54, 1.807) is 18.3 Å². The quantitative estimate of drug-likeness (QED) is 0.555. The summed E-state index contributed by atoms with van der Waals surface area (Å²) < 4.78 is 35.2. The molecule has 184 valence electrons. The van der Waals surface area contributed by atoms with Crippen molar-refractivity contribution in [1.82, 2.24) is 14.5 Å². The van der Waals surface area contributed by atoms with Gasteiger partial charge in [-0.05, 0) is 73.9 Å². The van der Waals surface area contributed by atoms with E-state index in [4.69, 9.17) is 4.74 Å². The van der Waals surface area contributed by atoms with Gasteiger partial charge in [0.15, 0.2) is 0 Å². The second-order valence-electron chi connectivity index (χ2n) is 9.74. The van der Waals surface area contributed by atoms with Crippen molar-refractivity contribution in [1.29, 1.82) is 0 Å². The molecule has 2 aromatic carbocycles. The number of aryl methyl sites for hydroxylation is 1. The van der Waals surface area contributed by atoms with Crippen LogP contribution in [0, 0.1) is 24.0 Å². The number of ether oxygens (including phenoxy) is 1. The van der Waals surface area contributed by atoms with Gasteiger partial charge in [0.25, 0.3) is 0 Å². The highest BCUT2D eigenvalue weighted by Gasteiger charge is 2.54. The summed E-state index contributed by atoms with van der Waals surface area (Å²) in [5.74, 6) is -0.521. The highest BCUT2D eigenvalue weighted by Crippen LogP contribution is 2.57. The second kappa shape index (κ2) is 9.07. The van der Waals surface area contributed by atoms with Gasteiger partial charge >= 0.3 is 0 Å². The molecule has 0 bridgehead atoms. The summed E-state index contributed by atoms with van der Waals surface area (Å²) in [4.78, 5) is 19.5. The maximum Gasteiger partial charge on any atom is 0.229 e. The Morgan fingerprint density at radius 3 is 2.57 bits per heavy atom. The zero-order valence-electron chi connectivity index (χ0n) is 19.9. The zero-order valence-corrected chi connectivity index (χ0v) is 19.9. The number of amides is 1. The Kier molecular flexibility index (Phi) is 6.09. The second-order valence-corrected chi connectivity index (χ2v) is 9.74. The van der Waals surface area contributed by atoms with Gasteiger partial charge in [0.05, 0.1) is 42.9 Å². The standard InChI is InChI=1S/C27H29F2N3O3/c1-17-14-31(16-30-17)23-5-4-18(10-25(23)35-2)20-12-27(13-20)6-3-7-32(26(27)34)24(15-33)19-8-21(28)11-22(29)9-19/h4-5,8-11,14,16,20,24,33H,3,6-7,12-13,15H2,1-2H3. The zero-order chi connectivity index (χ0) is 24.7. The molecule has 5 rings (SSSR count). The third-order valence-electron chi connectivity index (χ3n) is 7.53. The van der Waals surface area contributed by atoms with E-state index in [1.807, 2.05) is 29.8 Å². The van der Waals surface area contributed by atoms with Crippen molar-refractivity contribution < 1.29 is 23.4 Å². The summed E-state index contributed by atoms with van der Waals surface area (Å²) in [6.45, 7) is 2.00. The largest absolute Gasteiger partial charge is 0.495 e. The van der Waals surface area contributed by atoms with E-state index < -0.39 is 23.1 Å². The van der Waals surface area contributed by atoms with E-state index in [-0.39, 0.29) is 24.0 Å². The number of methoxy groups -OCH3 is 1. The van der Waals surface area contributed by atoms with Crippen LogP contribution in [-0.4, -0.2) is 45.7 Å². The monoisotopic (exact) mass is 481 g/mol. The Hall–Kier alpha value is -3.26. The third-order valence-corrected chi connectivity index (χ3v) is 7.53. The first-order valence-corrected chi connectivity index (χ1v) is 11.9. The molecular formula is C27H29F2N3O3. The number of hydrogen-bond acceptors (Lipinski definition) is 4. The molecule has 0 radical (unpaired) electrons. The summed E-state index contributed by atoms with van der Waals surface area (Å²) in [5.41, 5.74) is 2.71. The molecule has 1 N–H and O–H groups in total. The van der Waals surface area contributed by atoms with Crippen LogP contribution in [0.25, 0.3) is 5.69 Å². The minimum Gasteiger partial charge on any atom is -0.495 e. The molecule has 1 spiro atoms. The number of hydrogen-bond donors (Lipinski definition) is 1. The van der Waals surface area contributed by atoms with Gasteiger partial charge < -0.3 is 19.3 Å². The van der Waals surface area contributed by atoms with E-state index in [2.05, 4.69) is 11.1 Å². The molecule has 1 saturated heterocycles. The summed E-state index contributed by atoms with van der Waals surface area (Å²) in [6, 6.07) is 8.52. The maximum absolute atomic E-state index is 13.8. The van der Waals surface area contributed by atoms with Gasteiger partial charge in [0.1, 0.15) is 17.4 Å². The molecule has 1 aromatic heterocycles. The Morgan fingerprint density at radius 2 is 1.94 bits per heavy atom. The van der Waals surface area contributed by atoms with Crippen LogP contribution in [0.2, 0.25) is 0 Å². The maximum atomic E-state index is 13.8. The lowest BCUT2D eigenvalue weighted by atomic mass is 9.56. The molecule has 2 aliphatic rings. The van der Waals surface area contributed by atoms with Crippen molar-refractivity contribution in [2.24, 2.45) is 5.41 Å². The van der Waals surface area contributed by atoms with Gasteiger partial charge in [0.2, 0.25) is 5.91 Å². The fraction of sp³-hybridized carbons (Fsp3) is 0.407. The molecule has 8 heteroatoms. The van der Waals surface area contributed by atoms with Crippen LogP contribution in [0.4, 0.5) is 8.78 Å². The Bertz CT molecular complexity index is 1230. The fourth-order valence-electron chi connectivity index (χ4n) is 5.76. The normalized spacial score (nSPS) is 22.8. The number of carbonyl (C=O) groups excluding carboxylic acids is 1. The predicted octanol–water partition coefficient (Wildman–Crippen LogP) is 4.69. The first-order chi connectivity index (χ1) is 16.8. The molecule has 2 heterocycles. The number of aliphatic hydroxyl groups is 1. The number of benzene rings is 2. The number of imidazole rings is 1. The lowest BCUT2D eigenvalue weighted by Crippen LogP contribution is -2.55. The van der Waals surface area contributed by atoms with Gasteiger partial charge in [-0.1, -0.05) is 6.07 Å². The number of likely N-dealkylation sites (tertiary alicyclic amines) is 1. The SMILES string of the molecule is COc1cc(C2CC3(CCCN(C(CO)c4cc(F)cc(F)c4)C3=O)C2)ccc1-n1cnc(C)c1. The number of rotatable bonds is 6. The smallest absolute Gasteiger partial charge is 0.229 e. The average Bonchev–Trinajstić information content (AvgIpc) is 3.24. The van der Waals surface area contributed by atoms with E-state index in [1.165, 1.54) is 12.1 Å². The Labute approximate surface area is 203 Å². The number of aliphatic hydroxyl groups excluding tert-OH is 1. The van der Waals surface area contributed by atoms with Gasteiger partial charge in [-0.25, -0.2) is 13.8 Å². The molecule has 1 unspecified atom stereocenters. The number of piperidine rings is 1. The lowest BCUT2D eigenvalue weighted by molar-refractivity contribution is -0.158. The minimum atomic E-state index is -0.762. The number of halogens is 2. The number of aromatic nitrogens is 2. The van der Waals surface area contributed by atoms with Crippen LogP contribution in [0.5, 0.6) is 5.75 Å². The summed E-state index contributed by atoms with van der Waals surface area (Å²) >= 11 is 0. The molecule has 3 aromatic rings.